The van der Waals surface area contributed by atoms with Crippen molar-refractivity contribution in [2.24, 2.45) is 5.92 Å². The fourth-order valence-electron chi connectivity index (χ4n) is 1.63. The van der Waals surface area contributed by atoms with Gasteiger partial charge in [-0.05, 0) is 30.5 Å². The monoisotopic (exact) mass is 256 g/mol. The molecule has 0 aliphatic rings. The van der Waals surface area contributed by atoms with Gasteiger partial charge in [-0.25, -0.2) is 0 Å². The van der Waals surface area contributed by atoms with Crippen LogP contribution >= 0.6 is 11.6 Å². The maximum atomic E-state index is 9.43. The minimum absolute atomic E-state index is 0.499. The highest BCUT2D eigenvalue weighted by atomic mass is 35.5. The first kappa shape index (κ1) is 14.3. The number of aliphatic hydroxyl groups excluding tert-OH is 1. The zero-order valence-corrected chi connectivity index (χ0v) is 11.5. The molecule has 1 N–H and O–H groups in total. The van der Waals surface area contributed by atoms with Crippen molar-refractivity contribution in [2.45, 2.75) is 39.7 Å². The van der Waals surface area contributed by atoms with Crippen LogP contribution in [0.15, 0.2) is 18.2 Å². The molecule has 96 valence electrons. The minimum atomic E-state index is -0.499. The molecule has 1 rings (SSSR count). The maximum absolute atomic E-state index is 9.43. The fourth-order valence-corrected chi connectivity index (χ4v) is 1.87. The van der Waals surface area contributed by atoms with Crippen molar-refractivity contribution >= 4 is 11.6 Å². The van der Waals surface area contributed by atoms with Gasteiger partial charge in [0.2, 0.25) is 0 Å². The third-order valence-electron chi connectivity index (χ3n) is 3.07. The number of hydrogen-bond donors (Lipinski definition) is 1. The molecule has 0 unspecified atom stereocenters. The highest BCUT2D eigenvalue weighted by Gasteiger charge is 2.09. The average molecular weight is 257 g/mol. The Morgan fingerprint density at radius 2 is 1.94 bits per heavy atom. The van der Waals surface area contributed by atoms with E-state index in [1.54, 1.807) is 13.0 Å². The van der Waals surface area contributed by atoms with Crippen LogP contribution in [0.5, 0.6) is 5.75 Å². The van der Waals surface area contributed by atoms with Crippen LogP contribution in [0.25, 0.3) is 0 Å². The molecule has 0 saturated carbocycles. The molecule has 0 bridgehead atoms. The zero-order valence-electron chi connectivity index (χ0n) is 10.7. The van der Waals surface area contributed by atoms with E-state index in [1.807, 2.05) is 12.1 Å². The lowest BCUT2D eigenvalue weighted by Gasteiger charge is -2.15. The first-order chi connectivity index (χ1) is 8.08. The Balaban J connectivity index is 2.66. The second kappa shape index (κ2) is 6.87. The van der Waals surface area contributed by atoms with Crippen LogP contribution in [0, 0.1) is 5.92 Å². The number of ether oxygens (including phenoxy) is 1. The molecule has 0 heterocycles. The Labute approximate surface area is 109 Å². The zero-order chi connectivity index (χ0) is 12.8. The second-order valence-corrected chi connectivity index (χ2v) is 4.77. The van der Waals surface area contributed by atoms with Gasteiger partial charge in [-0.3, -0.25) is 0 Å². The Morgan fingerprint density at radius 1 is 1.29 bits per heavy atom. The lowest BCUT2D eigenvalue weighted by molar-refractivity contribution is 0.199. The summed E-state index contributed by atoms with van der Waals surface area (Å²) in [5, 5.41) is 10.00. The van der Waals surface area contributed by atoms with E-state index in [0.29, 0.717) is 23.3 Å². The summed E-state index contributed by atoms with van der Waals surface area (Å²) in [7, 11) is 0. The standard InChI is InChI=1S/C14H21ClO2/c1-4-11(5-2)9-17-14-7-6-12(10(3)16)8-13(14)15/h6-8,10-11,16H,4-5,9H2,1-3H3/t10-/m0/s1. The van der Waals surface area contributed by atoms with Gasteiger partial charge in [-0.2, -0.15) is 0 Å². The molecule has 0 aromatic heterocycles. The van der Waals surface area contributed by atoms with Crippen molar-refractivity contribution < 1.29 is 9.84 Å². The molecule has 1 atom stereocenters. The number of aliphatic hydroxyl groups is 1. The van der Waals surface area contributed by atoms with Gasteiger partial charge in [0.15, 0.2) is 0 Å². The van der Waals surface area contributed by atoms with Crippen LogP contribution < -0.4 is 4.74 Å². The van der Waals surface area contributed by atoms with E-state index < -0.39 is 6.10 Å². The van der Waals surface area contributed by atoms with Crippen molar-refractivity contribution in [2.75, 3.05) is 6.61 Å². The van der Waals surface area contributed by atoms with Gasteiger partial charge in [-0.1, -0.05) is 44.4 Å². The van der Waals surface area contributed by atoms with Gasteiger partial charge in [0.1, 0.15) is 5.75 Å². The summed E-state index contributed by atoms with van der Waals surface area (Å²) in [5.41, 5.74) is 0.810. The molecule has 0 spiro atoms. The molecule has 0 radical (unpaired) electrons. The molecule has 3 heteroatoms. The van der Waals surface area contributed by atoms with Crippen LogP contribution in [0.1, 0.15) is 45.3 Å². The largest absolute Gasteiger partial charge is 0.492 e. The van der Waals surface area contributed by atoms with E-state index in [4.69, 9.17) is 16.3 Å². The molecule has 0 aliphatic carbocycles. The summed E-state index contributed by atoms with van der Waals surface area (Å²) in [6.07, 6.45) is 1.72. The van der Waals surface area contributed by atoms with Gasteiger partial charge in [0, 0.05) is 0 Å². The lowest BCUT2D eigenvalue weighted by Crippen LogP contribution is -2.10. The van der Waals surface area contributed by atoms with Gasteiger partial charge in [0.25, 0.3) is 0 Å². The molecule has 2 nitrogen and oxygen atoms in total. The minimum Gasteiger partial charge on any atom is -0.492 e. The summed E-state index contributed by atoms with van der Waals surface area (Å²) in [5.74, 6) is 1.27. The maximum Gasteiger partial charge on any atom is 0.137 e. The summed E-state index contributed by atoms with van der Waals surface area (Å²) < 4.78 is 5.70. The van der Waals surface area contributed by atoms with Crippen LogP contribution in [-0.2, 0) is 0 Å². The Hall–Kier alpha value is -0.730. The average Bonchev–Trinajstić information content (AvgIpc) is 2.31. The lowest BCUT2D eigenvalue weighted by atomic mass is 10.1. The molecular formula is C14H21ClO2. The van der Waals surface area contributed by atoms with E-state index in [2.05, 4.69) is 13.8 Å². The van der Waals surface area contributed by atoms with Gasteiger partial charge < -0.3 is 9.84 Å². The predicted octanol–water partition coefficient (Wildman–Crippen LogP) is 4.21. The first-order valence-corrected chi connectivity index (χ1v) is 6.56. The first-order valence-electron chi connectivity index (χ1n) is 6.18. The molecule has 0 aliphatic heterocycles. The molecule has 0 fully saturated rings. The molecule has 0 amide bonds. The fraction of sp³-hybridized carbons (Fsp3) is 0.571. The van der Waals surface area contributed by atoms with Crippen LogP contribution in [-0.4, -0.2) is 11.7 Å². The van der Waals surface area contributed by atoms with Gasteiger partial charge >= 0.3 is 0 Å². The van der Waals surface area contributed by atoms with Crippen molar-refractivity contribution in [3.63, 3.8) is 0 Å². The normalized spacial score (nSPS) is 12.8. The van der Waals surface area contributed by atoms with Crippen molar-refractivity contribution in [3.05, 3.63) is 28.8 Å². The molecule has 17 heavy (non-hydrogen) atoms. The Kier molecular flexibility index (Phi) is 5.79. The van der Waals surface area contributed by atoms with E-state index in [9.17, 15) is 5.11 Å². The van der Waals surface area contributed by atoms with E-state index in [1.165, 1.54) is 0 Å². The molecular weight excluding hydrogens is 236 g/mol. The predicted molar refractivity (Wildman–Crippen MR) is 71.7 cm³/mol. The van der Waals surface area contributed by atoms with Gasteiger partial charge in [0.05, 0.1) is 17.7 Å². The summed E-state index contributed by atoms with van der Waals surface area (Å²) in [6, 6.07) is 5.43. The summed E-state index contributed by atoms with van der Waals surface area (Å²) in [6.45, 7) is 6.74. The number of halogens is 1. The third kappa shape index (κ3) is 4.21. The van der Waals surface area contributed by atoms with E-state index in [0.717, 1.165) is 18.4 Å². The Bertz CT molecular complexity index is 346. The summed E-state index contributed by atoms with van der Waals surface area (Å²) in [4.78, 5) is 0. The van der Waals surface area contributed by atoms with Crippen LogP contribution in [0.3, 0.4) is 0 Å². The Morgan fingerprint density at radius 3 is 2.41 bits per heavy atom. The number of rotatable bonds is 6. The second-order valence-electron chi connectivity index (χ2n) is 4.36. The quantitative estimate of drug-likeness (QED) is 0.826. The highest BCUT2D eigenvalue weighted by Crippen LogP contribution is 2.28. The number of hydrogen-bond acceptors (Lipinski definition) is 2. The van der Waals surface area contributed by atoms with Crippen molar-refractivity contribution in [3.8, 4) is 5.75 Å². The third-order valence-corrected chi connectivity index (χ3v) is 3.36. The summed E-state index contributed by atoms with van der Waals surface area (Å²) >= 11 is 6.11. The topological polar surface area (TPSA) is 29.5 Å². The highest BCUT2D eigenvalue weighted by molar-refractivity contribution is 6.32. The van der Waals surface area contributed by atoms with Crippen LogP contribution in [0.2, 0.25) is 5.02 Å². The van der Waals surface area contributed by atoms with E-state index >= 15 is 0 Å². The molecule has 1 aromatic carbocycles. The molecule has 0 saturated heterocycles. The van der Waals surface area contributed by atoms with Crippen molar-refractivity contribution in [1.82, 2.24) is 0 Å². The smallest absolute Gasteiger partial charge is 0.137 e. The number of benzene rings is 1. The van der Waals surface area contributed by atoms with Crippen molar-refractivity contribution in [1.29, 1.82) is 0 Å². The SMILES string of the molecule is CCC(CC)COc1ccc([C@H](C)O)cc1Cl. The van der Waals surface area contributed by atoms with Crippen LogP contribution in [0.4, 0.5) is 0 Å². The van der Waals surface area contributed by atoms with Gasteiger partial charge in [-0.15, -0.1) is 0 Å². The molecule has 1 aromatic rings. The van der Waals surface area contributed by atoms with E-state index in [-0.39, 0.29) is 0 Å².